The van der Waals surface area contributed by atoms with Crippen LogP contribution >= 0.6 is 0 Å². The Balaban J connectivity index is 1.42. The summed E-state index contributed by atoms with van der Waals surface area (Å²) >= 11 is 0. The first-order chi connectivity index (χ1) is 14.4. The van der Waals surface area contributed by atoms with Crippen LogP contribution < -0.4 is 15.4 Å². The fourth-order valence-corrected chi connectivity index (χ4v) is 3.79. The molecular weight excluding hydrogens is 386 g/mol. The number of carbonyl (C=O) groups is 4. The standard InChI is InChI=1S/C22H21N3O5/c1-30-16-5-2-13(3-6-16)10-20(27)23-15-4-7-17-14(11-15)12-25(22(17)29)18-8-9-19(26)24-21(18)28/h2-7,11,18H,8-10,12H2,1H3,(H,23,27)(H,24,26,28). The number of anilines is 1. The molecule has 30 heavy (non-hydrogen) atoms. The molecule has 0 aliphatic carbocycles. The number of benzene rings is 2. The van der Waals surface area contributed by atoms with E-state index in [2.05, 4.69) is 10.6 Å². The fourth-order valence-electron chi connectivity index (χ4n) is 3.79. The van der Waals surface area contributed by atoms with Gasteiger partial charge in [-0.3, -0.25) is 24.5 Å². The van der Waals surface area contributed by atoms with Gasteiger partial charge in [-0.15, -0.1) is 0 Å². The highest BCUT2D eigenvalue weighted by atomic mass is 16.5. The number of rotatable bonds is 5. The topological polar surface area (TPSA) is 105 Å². The van der Waals surface area contributed by atoms with Crippen molar-refractivity contribution in [3.05, 3.63) is 59.2 Å². The third-order valence-electron chi connectivity index (χ3n) is 5.33. The summed E-state index contributed by atoms with van der Waals surface area (Å²) in [5.41, 5.74) is 2.69. The molecule has 2 aliphatic heterocycles. The monoisotopic (exact) mass is 407 g/mol. The SMILES string of the molecule is COc1ccc(CC(=O)Nc2ccc3c(c2)CN(C2CCC(=O)NC2=O)C3=O)cc1. The van der Waals surface area contributed by atoms with E-state index in [9.17, 15) is 19.2 Å². The van der Waals surface area contributed by atoms with Gasteiger partial charge in [0.1, 0.15) is 11.8 Å². The second-order valence-electron chi connectivity index (χ2n) is 7.34. The van der Waals surface area contributed by atoms with E-state index < -0.39 is 11.9 Å². The molecule has 2 N–H and O–H groups in total. The lowest BCUT2D eigenvalue weighted by Gasteiger charge is -2.29. The van der Waals surface area contributed by atoms with Gasteiger partial charge in [0.15, 0.2) is 0 Å². The molecule has 0 radical (unpaired) electrons. The lowest BCUT2D eigenvalue weighted by atomic mass is 10.0. The van der Waals surface area contributed by atoms with E-state index in [0.717, 1.165) is 16.9 Å². The molecule has 154 valence electrons. The highest BCUT2D eigenvalue weighted by Gasteiger charge is 2.39. The summed E-state index contributed by atoms with van der Waals surface area (Å²) in [6.07, 6.45) is 0.738. The number of piperidine rings is 1. The molecule has 2 aliphatic rings. The van der Waals surface area contributed by atoms with Crippen LogP contribution in [0.4, 0.5) is 5.69 Å². The van der Waals surface area contributed by atoms with Gasteiger partial charge in [-0.2, -0.15) is 0 Å². The summed E-state index contributed by atoms with van der Waals surface area (Å²) in [7, 11) is 1.58. The largest absolute Gasteiger partial charge is 0.497 e. The van der Waals surface area contributed by atoms with E-state index in [-0.39, 0.29) is 37.1 Å². The predicted octanol–water partition coefficient (Wildman–Crippen LogP) is 1.64. The van der Waals surface area contributed by atoms with Gasteiger partial charge < -0.3 is 15.0 Å². The second kappa shape index (κ2) is 7.98. The molecule has 1 saturated heterocycles. The molecule has 0 spiro atoms. The average molecular weight is 407 g/mol. The quantitative estimate of drug-likeness (QED) is 0.733. The Morgan fingerprint density at radius 3 is 2.63 bits per heavy atom. The molecule has 1 atom stereocenters. The van der Waals surface area contributed by atoms with Crippen LogP contribution in [0.25, 0.3) is 0 Å². The van der Waals surface area contributed by atoms with Crippen molar-refractivity contribution in [3.63, 3.8) is 0 Å². The van der Waals surface area contributed by atoms with Crippen molar-refractivity contribution in [1.82, 2.24) is 10.2 Å². The van der Waals surface area contributed by atoms with Crippen LogP contribution in [0.1, 0.15) is 34.3 Å². The van der Waals surface area contributed by atoms with Crippen molar-refractivity contribution in [2.45, 2.75) is 31.8 Å². The van der Waals surface area contributed by atoms with E-state index in [1.165, 1.54) is 4.90 Å². The maximum atomic E-state index is 12.7. The first kappa shape index (κ1) is 19.6. The first-order valence-corrected chi connectivity index (χ1v) is 9.65. The predicted molar refractivity (Wildman–Crippen MR) is 108 cm³/mol. The summed E-state index contributed by atoms with van der Waals surface area (Å²) in [5.74, 6) is -0.451. The van der Waals surface area contributed by atoms with Crippen molar-refractivity contribution in [3.8, 4) is 5.75 Å². The van der Waals surface area contributed by atoms with Crippen LogP contribution in [-0.2, 0) is 27.3 Å². The van der Waals surface area contributed by atoms with Gasteiger partial charge in [0.2, 0.25) is 17.7 Å². The zero-order valence-electron chi connectivity index (χ0n) is 16.4. The second-order valence-corrected chi connectivity index (χ2v) is 7.34. The van der Waals surface area contributed by atoms with E-state index in [0.29, 0.717) is 17.7 Å². The summed E-state index contributed by atoms with van der Waals surface area (Å²) in [4.78, 5) is 50.1. The zero-order valence-corrected chi connectivity index (χ0v) is 16.4. The Kier molecular flexibility index (Phi) is 5.22. The molecule has 2 aromatic rings. The Labute approximate surface area is 173 Å². The number of amides is 4. The van der Waals surface area contributed by atoms with Gasteiger partial charge in [0.05, 0.1) is 13.5 Å². The maximum Gasteiger partial charge on any atom is 0.255 e. The van der Waals surface area contributed by atoms with Crippen LogP contribution in [0.15, 0.2) is 42.5 Å². The van der Waals surface area contributed by atoms with Gasteiger partial charge in [-0.25, -0.2) is 0 Å². The van der Waals surface area contributed by atoms with E-state index in [1.807, 2.05) is 12.1 Å². The van der Waals surface area contributed by atoms with Gasteiger partial charge in [-0.1, -0.05) is 12.1 Å². The number of carbonyl (C=O) groups excluding carboxylic acids is 4. The summed E-state index contributed by atoms with van der Waals surface area (Å²) in [6, 6.07) is 11.7. The molecule has 8 heteroatoms. The molecule has 2 heterocycles. The Morgan fingerprint density at radius 1 is 1.17 bits per heavy atom. The molecule has 1 fully saturated rings. The van der Waals surface area contributed by atoms with Gasteiger partial charge in [-0.05, 0) is 47.9 Å². The highest BCUT2D eigenvalue weighted by molar-refractivity contribution is 6.05. The normalized spacial score (nSPS) is 18.1. The average Bonchev–Trinajstić information content (AvgIpc) is 3.04. The number of nitrogens with one attached hydrogen (secondary N) is 2. The van der Waals surface area contributed by atoms with Gasteiger partial charge in [0.25, 0.3) is 5.91 Å². The van der Waals surface area contributed by atoms with E-state index in [4.69, 9.17) is 4.74 Å². The van der Waals surface area contributed by atoms with E-state index in [1.54, 1.807) is 37.4 Å². The number of fused-ring (bicyclic) bond motifs is 1. The number of nitrogens with zero attached hydrogens (tertiary/aromatic N) is 1. The zero-order chi connectivity index (χ0) is 21.3. The number of imide groups is 1. The lowest BCUT2D eigenvalue weighted by molar-refractivity contribution is -0.137. The molecule has 8 nitrogen and oxygen atoms in total. The molecule has 4 rings (SSSR count). The van der Waals surface area contributed by atoms with Gasteiger partial charge >= 0.3 is 0 Å². The molecule has 0 saturated carbocycles. The minimum Gasteiger partial charge on any atom is -0.497 e. The van der Waals surface area contributed by atoms with Crippen LogP contribution in [-0.4, -0.2) is 41.7 Å². The molecule has 4 amide bonds. The van der Waals surface area contributed by atoms with Crippen molar-refractivity contribution in [2.75, 3.05) is 12.4 Å². The smallest absolute Gasteiger partial charge is 0.255 e. The third kappa shape index (κ3) is 3.89. The minimum atomic E-state index is -0.657. The molecule has 0 bridgehead atoms. The Hall–Kier alpha value is -3.68. The van der Waals surface area contributed by atoms with Crippen LogP contribution in [0.5, 0.6) is 5.75 Å². The number of hydrogen-bond donors (Lipinski definition) is 2. The summed E-state index contributed by atoms with van der Waals surface area (Å²) in [6.45, 7) is 0.267. The lowest BCUT2D eigenvalue weighted by Crippen LogP contribution is -2.52. The van der Waals surface area contributed by atoms with Gasteiger partial charge in [0, 0.05) is 24.2 Å². The number of hydrogen-bond acceptors (Lipinski definition) is 5. The first-order valence-electron chi connectivity index (χ1n) is 9.65. The molecular formula is C22H21N3O5. The van der Waals surface area contributed by atoms with Crippen molar-refractivity contribution < 1.29 is 23.9 Å². The summed E-state index contributed by atoms with van der Waals surface area (Å²) in [5, 5.41) is 5.13. The van der Waals surface area contributed by atoms with Crippen LogP contribution in [0.3, 0.4) is 0 Å². The minimum absolute atomic E-state index is 0.175. The van der Waals surface area contributed by atoms with E-state index >= 15 is 0 Å². The molecule has 0 aromatic heterocycles. The van der Waals surface area contributed by atoms with Crippen LogP contribution in [0, 0.1) is 0 Å². The van der Waals surface area contributed by atoms with Crippen LogP contribution in [0.2, 0.25) is 0 Å². The maximum absolute atomic E-state index is 12.7. The van der Waals surface area contributed by atoms with Crippen molar-refractivity contribution in [2.24, 2.45) is 0 Å². The third-order valence-corrected chi connectivity index (χ3v) is 5.33. The highest BCUT2D eigenvalue weighted by Crippen LogP contribution is 2.29. The number of methoxy groups -OCH3 is 1. The Bertz CT molecular complexity index is 1030. The van der Waals surface area contributed by atoms with Crippen molar-refractivity contribution >= 4 is 29.3 Å². The number of ether oxygens (including phenoxy) is 1. The Morgan fingerprint density at radius 2 is 1.93 bits per heavy atom. The summed E-state index contributed by atoms with van der Waals surface area (Å²) < 4.78 is 5.11. The van der Waals surface area contributed by atoms with Crippen molar-refractivity contribution in [1.29, 1.82) is 0 Å². The molecule has 1 unspecified atom stereocenters. The molecule has 2 aromatic carbocycles. The fraction of sp³-hybridized carbons (Fsp3) is 0.273.